The fraction of sp³-hybridized carbons (Fsp3) is 0.294. The molecule has 1 aliphatic rings. The molecule has 3 atom stereocenters. The van der Waals surface area contributed by atoms with Crippen molar-refractivity contribution in [3.05, 3.63) is 194 Å². The summed E-state index contributed by atoms with van der Waals surface area (Å²) in [6, 6.07) is 43.9. The molecule has 0 unspecified atom stereocenters. The van der Waals surface area contributed by atoms with E-state index in [2.05, 4.69) is 165 Å². The first-order chi connectivity index (χ1) is 27.4. The lowest BCUT2D eigenvalue weighted by Crippen LogP contribution is -2.29. The first kappa shape index (κ1) is 39.8. The maximum Gasteiger partial charge on any atom is 0.124 e. The molecule has 7 rings (SSSR count). The highest BCUT2D eigenvalue weighted by Crippen LogP contribution is 2.38. The topological polar surface area (TPSA) is 70.4 Å². The fourth-order valence-electron chi connectivity index (χ4n) is 8.66. The van der Waals surface area contributed by atoms with Crippen LogP contribution in [0, 0.1) is 20.8 Å². The highest BCUT2D eigenvalue weighted by molar-refractivity contribution is 5.47. The SMILES string of the molecule is Cc1cc2c(O)c(c1)CN([C@H](C)c1ccccc1)Cc1cc(C)cc(c1O)CN([C@H](C)c1ccccc1)Cc1cc(C)cc(c1O)CN([C@H](C)c1ccccc1)C2. The number of fused-ring (bicyclic) bond motifs is 6. The van der Waals surface area contributed by atoms with Crippen molar-refractivity contribution >= 4 is 0 Å². The van der Waals surface area contributed by atoms with Crippen LogP contribution in [0.25, 0.3) is 0 Å². The number of hydrogen-bond donors (Lipinski definition) is 3. The molecular formula is C51H57N3O3. The molecule has 0 saturated heterocycles. The maximum atomic E-state index is 12.2. The molecule has 0 spiro atoms. The van der Waals surface area contributed by atoms with Crippen molar-refractivity contribution in [3.63, 3.8) is 0 Å². The predicted molar refractivity (Wildman–Crippen MR) is 231 cm³/mol. The van der Waals surface area contributed by atoms with Gasteiger partial charge in [0.1, 0.15) is 17.2 Å². The summed E-state index contributed by atoms with van der Waals surface area (Å²) in [5.41, 5.74) is 11.8. The number of phenols is 3. The molecule has 1 aliphatic heterocycles. The van der Waals surface area contributed by atoms with Crippen molar-refractivity contribution in [1.82, 2.24) is 14.7 Å². The van der Waals surface area contributed by atoms with Gasteiger partial charge >= 0.3 is 0 Å². The van der Waals surface area contributed by atoms with Gasteiger partial charge in [-0.05, 0) is 58.2 Å². The molecule has 0 saturated carbocycles. The Morgan fingerprint density at radius 1 is 0.351 bits per heavy atom. The second-order valence-corrected chi connectivity index (χ2v) is 16.3. The van der Waals surface area contributed by atoms with Gasteiger partial charge in [0, 0.05) is 90.8 Å². The Balaban J connectivity index is 1.41. The fourth-order valence-corrected chi connectivity index (χ4v) is 8.66. The van der Waals surface area contributed by atoms with Crippen LogP contribution in [-0.2, 0) is 39.3 Å². The largest absolute Gasteiger partial charge is 0.507 e. The van der Waals surface area contributed by atoms with E-state index in [9.17, 15) is 15.3 Å². The van der Waals surface area contributed by atoms with E-state index < -0.39 is 0 Å². The summed E-state index contributed by atoms with van der Waals surface area (Å²) in [6.07, 6.45) is 0. The van der Waals surface area contributed by atoms with Crippen molar-refractivity contribution in [2.24, 2.45) is 0 Å². The predicted octanol–water partition coefficient (Wildman–Crippen LogP) is 11.3. The summed E-state index contributed by atoms with van der Waals surface area (Å²) in [5.74, 6) is 0.850. The van der Waals surface area contributed by atoms with Crippen LogP contribution in [0.1, 0.15) is 106 Å². The van der Waals surface area contributed by atoms with Gasteiger partial charge in [0.25, 0.3) is 0 Å². The van der Waals surface area contributed by atoms with Crippen LogP contribution in [0.2, 0.25) is 0 Å². The Kier molecular flexibility index (Phi) is 12.2. The van der Waals surface area contributed by atoms with Gasteiger partial charge in [-0.25, -0.2) is 0 Å². The minimum absolute atomic E-state index is 0.0102. The van der Waals surface area contributed by atoms with E-state index in [0.29, 0.717) is 39.3 Å². The van der Waals surface area contributed by atoms with Crippen molar-refractivity contribution < 1.29 is 15.3 Å². The van der Waals surface area contributed by atoms with E-state index in [4.69, 9.17) is 0 Å². The van der Waals surface area contributed by atoms with Gasteiger partial charge in [0.05, 0.1) is 0 Å². The second-order valence-electron chi connectivity index (χ2n) is 16.3. The molecule has 0 fully saturated rings. The lowest BCUT2D eigenvalue weighted by molar-refractivity contribution is 0.177. The van der Waals surface area contributed by atoms with E-state index in [1.807, 2.05) is 18.2 Å². The van der Waals surface area contributed by atoms with Gasteiger partial charge < -0.3 is 15.3 Å². The van der Waals surface area contributed by atoms with E-state index in [1.54, 1.807) is 0 Å². The zero-order valence-corrected chi connectivity index (χ0v) is 34.3. The molecule has 3 N–H and O–H groups in total. The standard InChI is InChI=1S/C51H57N3O3/c1-34-22-43-28-52(37(4)40-16-10-7-11-17-40)30-45-24-35(2)26-47(50(45)56)32-54(39(6)42-20-14-9-15-21-42)33-48-27-36(3)25-46(51(48)57)31-53(29-44(23-34)49(43)55)38(5)41-18-12-8-13-19-41/h7-27,37-39,55-57H,28-33H2,1-6H3/t37-,38-,39-/m1/s1. The number of aryl methyl sites for hydroxylation is 3. The Labute approximate surface area is 339 Å². The first-order valence-electron chi connectivity index (χ1n) is 20.3. The monoisotopic (exact) mass is 759 g/mol. The summed E-state index contributed by atoms with van der Waals surface area (Å²) in [5, 5.41) is 36.6. The Bertz CT molecular complexity index is 1950. The van der Waals surface area contributed by atoms with Crippen LogP contribution in [0.15, 0.2) is 127 Å². The van der Waals surface area contributed by atoms with Crippen LogP contribution >= 0.6 is 0 Å². The molecular weight excluding hydrogens is 703 g/mol. The van der Waals surface area contributed by atoms with E-state index in [0.717, 1.165) is 50.1 Å². The van der Waals surface area contributed by atoms with Gasteiger partial charge in [0.15, 0.2) is 0 Å². The van der Waals surface area contributed by atoms with Crippen LogP contribution in [0.5, 0.6) is 17.2 Å². The third-order valence-electron chi connectivity index (χ3n) is 12.0. The number of hydrogen-bond acceptors (Lipinski definition) is 6. The van der Waals surface area contributed by atoms with Gasteiger partial charge in [-0.15, -0.1) is 0 Å². The summed E-state index contributed by atoms with van der Waals surface area (Å²) < 4.78 is 0. The zero-order chi connectivity index (χ0) is 40.2. The molecule has 57 heavy (non-hydrogen) atoms. The molecule has 6 nitrogen and oxygen atoms in total. The third kappa shape index (κ3) is 9.10. The molecule has 6 heteroatoms. The number of phenolic OH excluding ortho intramolecular Hbond substituents is 3. The number of benzene rings is 6. The van der Waals surface area contributed by atoms with E-state index in [1.165, 1.54) is 16.7 Å². The molecule has 294 valence electrons. The van der Waals surface area contributed by atoms with E-state index in [-0.39, 0.29) is 35.4 Å². The molecule has 1 heterocycles. The minimum Gasteiger partial charge on any atom is -0.507 e. The lowest BCUT2D eigenvalue weighted by Gasteiger charge is -2.34. The van der Waals surface area contributed by atoms with Crippen LogP contribution in [0.3, 0.4) is 0 Å². The highest BCUT2D eigenvalue weighted by atomic mass is 16.3. The average Bonchev–Trinajstić information content (AvgIpc) is 3.21. The Hall–Kier alpha value is -5.40. The smallest absolute Gasteiger partial charge is 0.124 e. The number of aromatic hydroxyl groups is 3. The Morgan fingerprint density at radius 3 is 0.737 bits per heavy atom. The van der Waals surface area contributed by atoms with Gasteiger partial charge in [0.2, 0.25) is 0 Å². The number of rotatable bonds is 6. The molecule has 6 aromatic carbocycles. The molecule has 0 aliphatic carbocycles. The zero-order valence-electron chi connectivity index (χ0n) is 34.3. The Morgan fingerprint density at radius 2 is 0.544 bits per heavy atom. The van der Waals surface area contributed by atoms with Gasteiger partial charge in [-0.2, -0.15) is 0 Å². The summed E-state index contributed by atoms with van der Waals surface area (Å²) in [6.45, 7) is 15.8. The summed E-state index contributed by atoms with van der Waals surface area (Å²) in [4.78, 5) is 7.07. The average molecular weight is 760 g/mol. The van der Waals surface area contributed by atoms with Crippen molar-refractivity contribution in [2.45, 2.75) is 98.9 Å². The molecule has 0 aromatic heterocycles. The van der Waals surface area contributed by atoms with E-state index >= 15 is 0 Å². The molecule has 0 amide bonds. The summed E-state index contributed by atoms with van der Waals surface area (Å²) >= 11 is 0. The van der Waals surface area contributed by atoms with Crippen LogP contribution in [-0.4, -0.2) is 30.0 Å². The molecule has 0 radical (unpaired) electrons. The maximum absolute atomic E-state index is 12.2. The summed E-state index contributed by atoms with van der Waals surface area (Å²) in [7, 11) is 0. The third-order valence-corrected chi connectivity index (χ3v) is 12.0. The van der Waals surface area contributed by atoms with Crippen molar-refractivity contribution in [2.75, 3.05) is 0 Å². The second kappa shape index (κ2) is 17.4. The molecule has 6 aromatic rings. The lowest BCUT2D eigenvalue weighted by atomic mass is 9.97. The van der Waals surface area contributed by atoms with Gasteiger partial charge in [-0.3, -0.25) is 14.7 Å². The first-order valence-corrected chi connectivity index (χ1v) is 20.3. The van der Waals surface area contributed by atoms with Crippen molar-refractivity contribution in [1.29, 1.82) is 0 Å². The number of nitrogens with zero attached hydrogens (tertiary/aromatic N) is 3. The van der Waals surface area contributed by atoms with Crippen LogP contribution in [0.4, 0.5) is 0 Å². The van der Waals surface area contributed by atoms with Crippen molar-refractivity contribution in [3.8, 4) is 17.2 Å². The van der Waals surface area contributed by atoms with Gasteiger partial charge in [-0.1, -0.05) is 144 Å². The highest BCUT2D eigenvalue weighted by Gasteiger charge is 2.27. The van der Waals surface area contributed by atoms with Crippen LogP contribution < -0.4 is 0 Å². The molecule has 6 bridgehead atoms. The normalized spacial score (nSPS) is 16.3. The quantitative estimate of drug-likeness (QED) is 0.157. The minimum atomic E-state index is -0.0102.